The number of hydrogen-bond donors (Lipinski definition) is 1. The van der Waals surface area contributed by atoms with E-state index in [0.717, 1.165) is 23.0 Å². The van der Waals surface area contributed by atoms with E-state index < -0.39 is 0 Å². The van der Waals surface area contributed by atoms with Gasteiger partial charge >= 0.3 is 0 Å². The van der Waals surface area contributed by atoms with Gasteiger partial charge in [-0.1, -0.05) is 30.8 Å². The molecule has 2 aromatic rings. The maximum Gasteiger partial charge on any atom is 0.276 e. The van der Waals surface area contributed by atoms with Crippen LogP contribution in [0.5, 0.6) is 11.5 Å². The largest absolute Gasteiger partial charge is 0.497 e. The maximum atomic E-state index is 11.0. The van der Waals surface area contributed by atoms with E-state index in [1.807, 2.05) is 36.4 Å². The van der Waals surface area contributed by atoms with Gasteiger partial charge in [0.15, 0.2) is 5.75 Å². The minimum atomic E-state index is -0.387. The van der Waals surface area contributed by atoms with Crippen molar-refractivity contribution >= 4 is 5.91 Å². The van der Waals surface area contributed by atoms with Crippen molar-refractivity contribution in [3.63, 3.8) is 0 Å². The lowest BCUT2D eigenvalue weighted by atomic mass is 10.1. The van der Waals surface area contributed by atoms with Crippen LogP contribution in [0.3, 0.4) is 0 Å². The Bertz CT molecular complexity index is 605. The SMILES string of the molecule is C=CC(=O)NOc1ccc(-c2cccc(OC)c2)cc1. The van der Waals surface area contributed by atoms with Crippen LogP contribution in [0.2, 0.25) is 0 Å². The van der Waals surface area contributed by atoms with Gasteiger partial charge in [0.05, 0.1) is 7.11 Å². The van der Waals surface area contributed by atoms with Crippen molar-refractivity contribution in [3.05, 3.63) is 61.2 Å². The predicted octanol–water partition coefficient (Wildman–Crippen LogP) is 2.96. The highest BCUT2D eigenvalue weighted by Gasteiger charge is 2.01. The molecule has 0 atom stereocenters. The highest BCUT2D eigenvalue weighted by atomic mass is 16.7. The molecule has 0 fully saturated rings. The van der Waals surface area contributed by atoms with Crippen LogP contribution >= 0.6 is 0 Å². The molecule has 102 valence electrons. The molecule has 0 heterocycles. The normalized spacial score (nSPS) is 9.65. The lowest BCUT2D eigenvalue weighted by Gasteiger charge is -2.07. The number of carbonyl (C=O) groups is 1. The molecule has 0 radical (unpaired) electrons. The van der Waals surface area contributed by atoms with Crippen molar-refractivity contribution in [1.82, 2.24) is 5.48 Å². The summed E-state index contributed by atoms with van der Waals surface area (Å²) in [4.78, 5) is 16.1. The molecule has 2 aromatic carbocycles. The summed E-state index contributed by atoms with van der Waals surface area (Å²) in [6, 6.07) is 15.1. The zero-order chi connectivity index (χ0) is 14.4. The number of nitrogens with one attached hydrogen (secondary N) is 1. The first-order valence-electron chi connectivity index (χ1n) is 6.06. The summed E-state index contributed by atoms with van der Waals surface area (Å²) >= 11 is 0. The third kappa shape index (κ3) is 3.38. The van der Waals surface area contributed by atoms with Gasteiger partial charge in [0.2, 0.25) is 0 Å². The fourth-order valence-electron chi connectivity index (χ4n) is 1.67. The van der Waals surface area contributed by atoms with E-state index in [2.05, 4.69) is 12.1 Å². The van der Waals surface area contributed by atoms with Crippen molar-refractivity contribution < 1.29 is 14.4 Å². The Morgan fingerprint density at radius 3 is 2.50 bits per heavy atom. The number of rotatable bonds is 5. The maximum absolute atomic E-state index is 11.0. The van der Waals surface area contributed by atoms with Gasteiger partial charge in [0, 0.05) is 0 Å². The third-order valence-electron chi connectivity index (χ3n) is 2.71. The van der Waals surface area contributed by atoms with Crippen molar-refractivity contribution in [1.29, 1.82) is 0 Å². The second kappa shape index (κ2) is 6.43. The average molecular weight is 269 g/mol. The van der Waals surface area contributed by atoms with Crippen LogP contribution in [-0.2, 0) is 4.79 Å². The van der Waals surface area contributed by atoms with Crippen LogP contribution in [0.1, 0.15) is 0 Å². The summed E-state index contributed by atoms with van der Waals surface area (Å²) in [6.45, 7) is 3.34. The van der Waals surface area contributed by atoms with Crippen molar-refractivity contribution in [2.24, 2.45) is 0 Å². The number of benzene rings is 2. The lowest BCUT2D eigenvalue weighted by molar-refractivity contribution is -0.122. The van der Waals surface area contributed by atoms with Gasteiger partial charge in [-0.3, -0.25) is 4.79 Å². The van der Waals surface area contributed by atoms with E-state index in [1.54, 1.807) is 19.2 Å². The molecule has 0 spiro atoms. The number of hydroxylamine groups is 1. The van der Waals surface area contributed by atoms with Gasteiger partial charge in [-0.2, -0.15) is 5.48 Å². The van der Waals surface area contributed by atoms with E-state index in [-0.39, 0.29) is 5.91 Å². The standard InChI is InChI=1S/C16H15NO3/c1-3-16(18)17-20-14-9-7-12(8-10-14)13-5-4-6-15(11-13)19-2/h3-11H,1H2,2H3,(H,17,18). The minimum absolute atomic E-state index is 0.387. The fourth-order valence-corrected chi connectivity index (χ4v) is 1.67. The lowest BCUT2D eigenvalue weighted by Crippen LogP contribution is -2.24. The number of carbonyl (C=O) groups excluding carboxylic acids is 1. The van der Waals surface area contributed by atoms with E-state index in [9.17, 15) is 4.79 Å². The molecular weight excluding hydrogens is 254 g/mol. The Morgan fingerprint density at radius 1 is 1.10 bits per heavy atom. The summed E-state index contributed by atoms with van der Waals surface area (Å²) in [5.74, 6) is 0.967. The Hall–Kier alpha value is -2.75. The van der Waals surface area contributed by atoms with Gasteiger partial charge in [-0.05, 0) is 41.5 Å². The molecule has 0 saturated carbocycles. The van der Waals surface area contributed by atoms with Gasteiger partial charge in [0.25, 0.3) is 5.91 Å². The van der Waals surface area contributed by atoms with Gasteiger partial charge < -0.3 is 9.57 Å². The molecule has 0 saturated heterocycles. The molecule has 0 unspecified atom stereocenters. The van der Waals surface area contributed by atoms with Gasteiger partial charge in [-0.15, -0.1) is 0 Å². The van der Waals surface area contributed by atoms with Crippen LogP contribution in [-0.4, -0.2) is 13.0 Å². The van der Waals surface area contributed by atoms with E-state index >= 15 is 0 Å². The minimum Gasteiger partial charge on any atom is -0.497 e. The average Bonchev–Trinajstić information content (AvgIpc) is 2.53. The van der Waals surface area contributed by atoms with E-state index in [0.29, 0.717) is 5.75 Å². The summed E-state index contributed by atoms with van der Waals surface area (Å²) in [6.07, 6.45) is 1.14. The Kier molecular flexibility index (Phi) is 4.39. The summed E-state index contributed by atoms with van der Waals surface area (Å²) in [5, 5.41) is 0. The number of ether oxygens (including phenoxy) is 1. The Balaban J connectivity index is 2.11. The van der Waals surface area contributed by atoms with Crippen LogP contribution in [0.4, 0.5) is 0 Å². The van der Waals surface area contributed by atoms with Crippen molar-refractivity contribution in [3.8, 4) is 22.6 Å². The second-order valence-electron chi connectivity index (χ2n) is 4.03. The molecule has 20 heavy (non-hydrogen) atoms. The summed E-state index contributed by atoms with van der Waals surface area (Å²) in [7, 11) is 1.64. The molecule has 0 aromatic heterocycles. The molecule has 0 bridgehead atoms. The Labute approximate surface area is 117 Å². The number of amides is 1. The number of methoxy groups -OCH3 is 1. The van der Waals surface area contributed by atoms with Gasteiger partial charge in [-0.25, -0.2) is 0 Å². The molecule has 0 aliphatic carbocycles. The molecule has 0 aliphatic rings. The second-order valence-corrected chi connectivity index (χ2v) is 4.03. The molecular formula is C16H15NO3. The zero-order valence-corrected chi connectivity index (χ0v) is 11.1. The Morgan fingerprint density at radius 2 is 1.85 bits per heavy atom. The van der Waals surface area contributed by atoms with E-state index in [1.165, 1.54) is 0 Å². The molecule has 4 heteroatoms. The van der Waals surface area contributed by atoms with Crippen LogP contribution in [0, 0.1) is 0 Å². The van der Waals surface area contributed by atoms with Crippen molar-refractivity contribution in [2.75, 3.05) is 7.11 Å². The monoisotopic (exact) mass is 269 g/mol. The van der Waals surface area contributed by atoms with Crippen LogP contribution < -0.4 is 15.1 Å². The smallest absolute Gasteiger partial charge is 0.276 e. The molecule has 1 amide bonds. The molecule has 2 rings (SSSR count). The molecule has 1 N–H and O–H groups in total. The van der Waals surface area contributed by atoms with Gasteiger partial charge in [0.1, 0.15) is 5.75 Å². The fraction of sp³-hybridized carbons (Fsp3) is 0.0625. The van der Waals surface area contributed by atoms with Crippen LogP contribution in [0.15, 0.2) is 61.2 Å². The first kappa shape index (κ1) is 13.7. The highest BCUT2D eigenvalue weighted by molar-refractivity contribution is 5.86. The predicted molar refractivity (Wildman–Crippen MR) is 77.4 cm³/mol. The molecule has 4 nitrogen and oxygen atoms in total. The first-order valence-corrected chi connectivity index (χ1v) is 6.06. The summed E-state index contributed by atoms with van der Waals surface area (Å²) in [5.41, 5.74) is 4.33. The summed E-state index contributed by atoms with van der Waals surface area (Å²) < 4.78 is 5.20. The number of hydrogen-bond acceptors (Lipinski definition) is 3. The highest BCUT2D eigenvalue weighted by Crippen LogP contribution is 2.25. The van der Waals surface area contributed by atoms with Crippen molar-refractivity contribution in [2.45, 2.75) is 0 Å². The quantitative estimate of drug-likeness (QED) is 0.670. The van der Waals surface area contributed by atoms with Crippen LogP contribution in [0.25, 0.3) is 11.1 Å². The van der Waals surface area contributed by atoms with E-state index in [4.69, 9.17) is 9.57 Å². The molecule has 0 aliphatic heterocycles. The third-order valence-corrected chi connectivity index (χ3v) is 2.71. The zero-order valence-electron chi connectivity index (χ0n) is 11.1. The first-order chi connectivity index (χ1) is 9.72. The topological polar surface area (TPSA) is 47.6 Å².